The molecule has 0 spiro atoms. The predicted octanol–water partition coefficient (Wildman–Crippen LogP) is 4.19. The second-order valence-electron chi connectivity index (χ2n) is 5.54. The maximum Gasteiger partial charge on any atom is 0.0448 e. The number of rotatable bonds is 3. The Bertz CT molecular complexity index is 433. The molecule has 3 heteroatoms. The van der Waals surface area contributed by atoms with E-state index in [4.69, 9.17) is 0 Å². The summed E-state index contributed by atoms with van der Waals surface area (Å²) in [5.74, 6) is 1.25. The molecule has 0 bridgehead atoms. The molecule has 0 aromatic heterocycles. The summed E-state index contributed by atoms with van der Waals surface area (Å²) in [5, 5.41) is 5.74. The van der Waals surface area contributed by atoms with E-state index in [-0.39, 0.29) is 0 Å². The monoisotopic (exact) mass is 295 g/mol. The molecule has 1 N–H and O–H groups in total. The molecule has 0 radical (unpaired) electrons. The van der Waals surface area contributed by atoms with Crippen LogP contribution in [0, 0.1) is 13.8 Å². The van der Waals surface area contributed by atoms with Crippen molar-refractivity contribution in [1.82, 2.24) is 5.32 Å². The molecule has 1 fully saturated rings. The lowest BCUT2D eigenvalue weighted by Gasteiger charge is -2.36. The minimum Gasteiger partial charge on any atom is -0.312 e. The Labute approximate surface area is 126 Å². The standard InChI is InChI=1S/C16H25NS2/c1-10-6-7-14(11(2)8-10)16(17-5)15-9-18-12(3)13(4)19-15/h6-8,12-13,15-17H,9H2,1-5H3. The first kappa shape index (κ1) is 15.3. The van der Waals surface area contributed by atoms with E-state index in [0.29, 0.717) is 11.3 Å². The van der Waals surface area contributed by atoms with Crippen LogP contribution in [0.25, 0.3) is 0 Å². The SMILES string of the molecule is CNC(c1ccc(C)cc1C)C1CSC(C)C(C)S1. The van der Waals surface area contributed by atoms with E-state index in [2.05, 4.69) is 81.8 Å². The molecule has 0 saturated carbocycles. The lowest BCUT2D eigenvalue weighted by Crippen LogP contribution is -2.36. The zero-order chi connectivity index (χ0) is 14.0. The molecule has 1 aliphatic heterocycles. The van der Waals surface area contributed by atoms with Gasteiger partial charge in [-0.1, -0.05) is 37.6 Å². The number of nitrogens with one attached hydrogen (secondary N) is 1. The number of hydrogen-bond acceptors (Lipinski definition) is 3. The van der Waals surface area contributed by atoms with Crippen LogP contribution < -0.4 is 5.32 Å². The van der Waals surface area contributed by atoms with Gasteiger partial charge in [0.2, 0.25) is 0 Å². The molecule has 0 aliphatic carbocycles. The summed E-state index contributed by atoms with van der Waals surface area (Å²) in [5.41, 5.74) is 4.23. The van der Waals surface area contributed by atoms with Gasteiger partial charge in [-0.25, -0.2) is 0 Å². The van der Waals surface area contributed by atoms with E-state index in [1.807, 2.05) is 0 Å². The van der Waals surface area contributed by atoms with Gasteiger partial charge in [0.15, 0.2) is 0 Å². The minimum absolute atomic E-state index is 0.466. The van der Waals surface area contributed by atoms with Crippen molar-refractivity contribution in [1.29, 1.82) is 0 Å². The van der Waals surface area contributed by atoms with Crippen molar-refractivity contribution in [3.05, 3.63) is 34.9 Å². The maximum absolute atomic E-state index is 3.55. The van der Waals surface area contributed by atoms with Gasteiger partial charge in [-0.3, -0.25) is 0 Å². The summed E-state index contributed by atoms with van der Waals surface area (Å²) in [4.78, 5) is 0. The lowest BCUT2D eigenvalue weighted by atomic mass is 9.97. The summed E-state index contributed by atoms with van der Waals surface area (Å²) < 4.78 is 0. The van der Waals surface area contributed by atoms with E-state index >= 15 is 0 Å². The Morgan fingerprint density at radius 2 is 1.95 bits per heavy atom. The van der Waals surface area contributed by atoms with Crippen molar-refractivity contribution in [3.63, 3.8) is 0 Å². The van der Waals surface area contributed by atoms with E-state index < -0.39 is 0 Å². The van der Waals surface area contributed by atoms with Gasteiger partial charge in [0.25, 0.3) is 0 Å². The summed E-state index contributed by atoms with van der Waals surface area (Å²) in [7, 11) is 2.10. The van der Waals surface area contributed by atoms with Crippen LogP contribution in [0.5, 0.6) is 0 Å². The normalized spacial score (nSPS) is 29.2. The largest absolute Gasteiger partial charge is 0.312 e. The van der Waals surface area contributed by atoms with Gasteiger partial charge in [-0.15, -0.1) is 0 Å². The fourth-order valence-corrected chi connectivity index (χ4v) is 5.85. The van der Waals surface area contributed by atoms with Gasteiger partial charge in [-0.05, 0) is 32.0 Å². The maximum atomic E-state index is 3.55. The highest BCUT2D eigenvalue weighted by molar-refractivity contribution is 8.07. The number of aryl methyl sites for hydroxylation is 2. The predicted molar refractivity (Wildman–Crippen MR) is 90.5 cm³/mol. The Hall–Kier alpha value is -0.120. The highest BCUT2D eigenvalue weighted by Gasteiger charge is 2.31. The molecule has 2 rings (SSSR count). The number of thioether (sulfide) groups is 2. The summed E-state index contributed by atoms with van der Waals surface area (Å²) >= 11 is 4.27. The van der Waals surface area contributed by atoms with Gasteiger partial charge in [-0.2, -0.15) is 23.5 Å². The van der Waals surface area contributed by atoms with Gasteiger partial charge in [0, 0.05) is 27.5 Å². The van der Waals surface area contributed by atoms with Crippen molar-refractivity contribution < 1.29 is 0 Å². The van der Waals surface area contributed by atoms with E-state index in [1.54, 1.807) is 0 Å². The molecule has 1 aliphatic rings. The van der Waals surface area contributed by atoms with Crippen molar-refractivity contribution in [3.8, 4) is 0 Å². The molecule has 1 heterocycles. The van der Waals surface area contributed by atoms with Gasteiger partial charge in [0.1, 0.15) is 0 Å². The van der Waals surface area contributed by atoms with Crippen LogP contribution in [0.1, 0.15) is 36.6 Å². The molecule has 1 nitrogen and oxygen atoms in total. The van der Waals surface area contributed by atoms with Crippen LogP contribution in [-0.2, 0) is 0 Å². The molecule has 4 unspecified atom stereocenters. The fourth-order valence-electron chi connectivity index (χ4n) is 2.70. The molecule has 1 saturated heterocycles. The van der Waals surface area contributed by atoms with E-state index in [9.17, 15) is 0 Å². The van der Waals surface area contributed by atoms with Gasteiger partial charge < -0.3 is 5.32 Å². The first-order valence-electron chi connectivity index (χ1n) is 7.04. The molecule has 19 heavy (non-hydrogen) atoms. The van der Waals surface area contributed by atoms with Crippen LogP contribution >= 0.6 is 23.5 Å². The number of benzene rings is 1. The minimum atomic E-state index is 0.466. The van der Waals surface area contributed by atoms with E-state index in [0.717, 1.165) is 10.5 Å². The van der Waals surface area contributed by atoms with Crippen LogP contribution in [0.4, 0.5) is 0 Å². The molecular formula is C16H25NS2. The third kappa shape index (κ3) is 3.50. The first-order valence-corrected chi connectivity index (χ1v) is 9.03. The summed E-state index contributed by atoms with van der Waals surface area (Å²) in [6.45, 7) is 9.12. The van der Waals surface area contributed by atoms with Crippen molar-refractivity contribution in [2.75, 3.05) is 12.8 Å². The average Bonchev–Trinajstić information content (AvgIpc) is 2.37. The lowest BCUT2D eigenvalue weighted by molar-refractivity contribution is 0.585. The molecular weight excluding hydrogens is 270 g/mol. The average molecular weight is 296 g/mol. The van der Waals surface area contributed by atoms with Crippen LogP contribution in [0.3, 0.4) is 0 Å². The van der Waals surface area contributed by atoms with Crippen LogP contribution in [0.2, 0.25) is 0 Å². The Balaban J connectivity index is 2.20. The smallest absolute Gasteiger partial charge is 0.0448 e. The van der Waals surface area contributed by atoms with E-state index in [1.165, 1.54) is 22.4 Å². The van der Waals surface area contributed by atoms with Crippen LogP contribution in [-0.4, -0.2) is 28.6 Å². The zero-order valence-corrected chi connectivity index (χ0v) is 14.2. The van der Waals surface area contributed by atoms with Gasteiger partial charge >= 0.3 is 0 Å². The third-order valence-electron chi connectivity index (χ3n) is 4.02. The summed E-state index contributed by atoms with van der Waals surface area (Å²) in [6.07, 6.45) is 0. The van der Waals surface area contributed by atoms with Crippen molar-refractivity contribution in [2.45, 2.75) is 49.5 Å². The number of hydrogen-bond donors (Lipinski definition) is 1. The highest BCUT2D eigenvalue weighted by atomic mass is 32.2. The Kier molecular flexibility index (Phi) is 5.27. The van der Waals surface area contributed by atoms with Gasteiger partial charge in [0.05, 0.1) is 0 Å². The second kappa shape index (κ2) is 6.55. The molecule has 106 valence electrons. The summed E-state index contributed by atoms with van der Waals surface area (Å²) in [6, 6.07) is 7.30. The molecule has 1 aromatic carbocycles. The molecule has 4 atom stereocenters. The second-order valence-corrected chi connectivity index (χ2v) is 8.58. The third-order valence-corrected chi connectivity index (χ3v) is 7.51. The Morgan fingerprint density at radius 1 is 1.21 bits per heavy atom. The molecule has 1 aromatic rings. The topological polar surface area (TPSA) is 12.0 Å². The highest BCUT2D eigenvalue weighted by Crippen LogP contribution is 2.41. The zero-order valence-electron chi connectivity index (χ0n) is 12.6. The quantitative estimate of drug-likeness (QED) is 0.898. The van der Waals surface area contributed by atoms with Crippen molar-refractivity contribution >= 4 is 23.5 Å². The Morgan fingerprint density at radius 3 is 2.53 bits per heavy atom. The van der Waals surface area contributed by atoms with Crippen molar-refractivity contribution in [2.24, 2.45) is 0 Å². The molecule has 0 amide bonds. The van der Waals surface area contributed by atoms with Crippen LogP contribution in [0.15, 0.2) is 18.2 Å². The fraction of sp³-hybridized carbons (Fsp3) is 0.625. The first-order chi connectivity index (χ1) is 9.02.